The zero-order valence-electron chi connectivity index (χ0n) is 20.7. The van der Waals surface area contributed by atoms with Crippen molar-refractivity contribution in [2.75, 3.05) is 0 Å². The molecule has 7 heteroatoms. The van der Waals surface area contributed by atoms with Crippen LogP contribution in [-0.2, 0) is 28.7 Å². The molecule has 7 rings (SSSR count). The maximum atomic E-state index is 14.2. The van der Waals surface area contributed by atoms with Crippen molar-refractivity contribution in [3.8, 4) is 0 Å². The quantitative estimate of drug-likeness (QED) is 0.308. The van der Waals surface area contributed by atoms with E-state index in [0.717, 1.165) is 5.57 Å². The van der Waals surface area contributed by atoms with Gasteiger partial charge >= 0.3 is 11.9 Å². The van der Waals surface area contributed by atoms with Crippen molar-refractivity contribution in [3.05, 3.63) is 59.8 Å². The molecular weight excluding hydrogens is 472 g/mol. The van der Waals surface area contributed by atoms with Crippen molar-refractivity contribution in [1.29, 1.82) is 0 Å². The first-order valence-electron chi connectivity index (χ1n) is 13.2. The maximum absolute atomic E-state index is 14.2. The monoisotopic (exact) mass is 502 g/mol. The molecule has 0 radical (unpaired) electrons. The molecule has 2 aliphatic heterocycles. The lowest BCUT2D eigenvalue weighted by atomic mass is 9.56. The van der Waals surface area contributed by atoms with Crippen LogP contribution in [0.15, 0.2) is 59.8 Å². The molecule has 0 amide bonds. The number of Topliss-reactive ketones (excluding diaryl/α,β-unsaturated/α-hetero) is 2. The first kappa shape index (κ1) is 23.1. The number of aliphatic hydroxyl groups is 1. The highest BCUT2D eigenvalue weighted by Gasteiger charge is 2.71. The Morgan fingerprint density at radius 2 is 1.43 bits per heavy atom. The number of esters is 2. The van der Waals surface area contributed by atoms with Crippen molar-refractivity contribution in [3.63, 3.8) is 0 Å². The predicted molar refractivity (Wildman–Crippen MR) is 131 cm³/mol. The number of allylic oxidation sites excluding steroid dienone is 2. The number of ketones is 2. The highest BCUT2D eigenvalue weighted by Crippen LogP contribution is 2.68. The summed E-state index contributed by atoms with van der Waals surface area (Å²) in [5, 5.41) is 12.1. The third-order valence-electron chi connectivity index (χ3n) is 10.8. The lowest BCUT2D eigenvalue weighted by molar-refractivity contribution is -0.146. The molecule has 1 spiro atoms. The second-order valence-corrected chi connectivity index (χ2v) is 12.1. The summed E-state index contributed by atoms with van der Waals surface area (Å²) < 4.78 is 11.7. The van der Waals surface area contributed by atoms with Crippen molar-refractivity contribution < 1.29 is 33.8 Å². The third kappa shape index (κ3) is 2.56. The van der Waals surface area contributed by atoms with Crippen LogP contribution in [0.1, 0.15) is 44.9 Å². The van der Waals surface area contributed by atoms with Crippen molar-refractivity contribution in [1.82, 2.24) is 0 Å². The van der Waals surface area contributed by atoms with Gasteiger partial charge in [0.15, 0.2) is 5.78 Å². The van der Waals surface area contributed by atoms with Gasteiger partial charge < -0.3 is 14.6 Å². The molecule has 0 bridgehead atoms. The van der Waals surface area contributed by atoms with E-state index in [1.807, 2.05) is 0 Å². The SMILES string of the molecule is C=C1C(=O)C2=C3[C@@H]1[C@H]1OC(=O)C(=C)[C@@H]1CC[C@@]3(O)CC[C@]21C(=O)C[C@H]2C(=C)CC[C@H]3C(=C)C(=O)O[C@@H]3[C@H]21. The van der Waals surface area contributed by atoms with E-state index in [9.17, 15) is 24.3 Å². The van der Waals surface area contributed by atoms with Gasteiger partial charge in [-0.15, -0.1) is 0 Å². The van der Waals surface area contributed by atoms with E-state index in [1.54, 1.807) is 0 Å². The van der Waals surface area contributed by atoms with Crippen LogP contribution in [0.25, 0.3) is 0 Å². The van der Waals surface area contributed by atoms with E-state index < -0.39 is 47.0 Å². The fraction of sp³-hybridized carbons (Fsp3) is 0.533. The lowest BCUT2D eigenvalue weighted by Gasteiger charge is -2.47. The molecule has 2 heterocycles. The normalized spacial score (nSPS) is 46.5. The molecule has 0 aromatic rings. The Morgan fingerprint density at radius 3 is 2.14 bits per heavy atom. The minimum absolute atomic E-state index is 0.0714. The number of ether oxygens (including phenoxy) is 2. The van der Waals surface area contributed by atoms with Gasteiger partial charge in [0.05, 0.1) is 11.0 Å². The van der Waals surface area contributed by atoms with E-state index in [1.165, 1.54) is 0 Å². The van der Waals surface area contributed by atoms with E-state index in [2.05, 4.69) is 26.3 Å². The second-order valence-electron chi connectivity index (χ2n) is 12.1. The predicted octanol–water partition coefficient (Wildman–Crippen LogP) is 3.09. The summed E-state index contributed by atoms with van der Waals surface area (Å²) in [5.74, 6) is -3.33. The average Bonchev–Trinajstić information content (AvgIpc) is 3.44. The Balaban J connectivity index is 1.47. The summed E-state index contributed by atoms with van der Waals surface area (Å²) >= 11 is 0. The molecule has 5 aliphatic carbocycles. The average molecular weight is 503 g/mol. The fourth-order valence-electron chi connectivity index (χ4n) is 9.05. The second kappa shape index (κ2) is 7.07. The molecule has 5 fully saturated rings. The lowest BCUT2D eigenvalue weighted by Crippen LogP contribution is -2.51. The molecule has 7 nitrogen and oxygen atoms in total. The number of hydrogen-bond donors (Lipinski definition) is 1. The summed E-state index contributed by atoms with van der Waals surface area (Å²) in [7, 11) is 0. The van der Waals surface area contributed by atoms with Crippen LogP contribution in [0, 0.1) is 35.0 Å². The number of fused-ring (bicyclic) bond motifs is 7. The van der Waals surface area contributed by atoms with E-state index in [4.69, 9.17) is 9.47 Å². The molecule has 0 aromatic heterocycles. The van der Waals surface area contributed by atoms with E-state index >= 15 is 0 Å². The molecule has 0 unspecified atom stereocenters. The molecule has 0 aromatic carbocycles. The Morgan fingerprint density at radius 1 is 0.784 bits per heavy atom. The third-order valence-corrected chi connectivity index (χ3v) is 10.8. The van der Waals surface area contributed by atoms with Gasteiger partial charge in [0, 0.05) is 52.4 Å². The number of carbonyl (C=O) groups is 4. The van der Waals surface area contributed by atoms with E-state index in [0.29, 0.717) is 48.0 Å². The van der Waals surface area contributed by atoms with Crippen molar-refractivity contribution in [2.24, 2.45) is 35.0 Å². The Bertz CT molecular complexity index is 1330. The van der Waals surface area contributed by atoms with Crippen LogP contribution >= 0.6 is 0 Å². The molecular formula is C30H30O7. The first-order valence-corrected chi connectivity index (χ1v) is 13.2. The van der Waals surface area contributed by atoms with E-state index in [-0.39, 0.29) is 54.2 Å². The maximum Gasteiger partial charge on any atom is 0.334 e. The zero-order valence-corrected chi connectivity index (χ0v) is 20.7. The Hall–Kier alpha value is -3.06. The molecule has 7 aliphatic rings. The molecule has 2 saturated heterocycles. The Kier molecular flexibility index (Phi) is 4.41. The number of rotatable bonds is 0. The van der Waals surface area contributed by atoms with Gasteiger partial charge in [-0.2, -0.15) is 0 Å². The minimum Gasteiger partial charge on any atom is -0.458 e. The van der Waals surface area contributed by atoms with Crippen LogP contribution < -0.4 is 0 Å². The summed E-state index contributed by atoms with van der Waals surface area (Å²) in [6.45, 7) is 16.3. The highest BCUT2D eigenvalue weighted by molar-refractivity contribution is 6.18. The number of carbonyl (C=O) groups excluding carboxylic acids is 4. The summed E-state index contributed by atoms with van der Waals surface area (Å²) in [4.78, 5) is 53.4. The topological polar surface area (TPSA) is 107 Å². The largest absolute Gasteiger partial charge is 0.458 e. The van der Waals surface area contributed by atoms with Gasteiger partial charge in [0.25, 0.3) is 0 Å². The molecule has 37 heavy (non-hydrogen) atoms. The standard InChI is InChI=1S/C30H30O7/c1-12-5-6-16-13(2)28(34)37-26(16)21-18(12)11-19(31)30(21)10-9-29(35)8-7-17-14(3)27(33)36-25(17)20-15(4)24(32)23(30)22(20)29/h16-18,20-21,25-26,35H,1-11H2/t16-,17-,18-,20+,21-,25-,26-,29+,30+/m0/s1. The summed E-state index contributed by atoms with van der Waals surface area (Å²) in [5.41, 5.74) is 0.213. The fourth-order valence-corrected chi connectivity index (χ4v) is 9.05. The van der Waals surface area contributed by atoms with Gasteiger partial charge in [-0.05, 0) is 50.0 Å². The number of hydrogen-bond acceptors (Lipinski definition) is 7. The van der Waals surface area contributed by atoms with Crippen LogP contribution in [0.3, 0.4) is 0 Å². The summed E-state index contributed by atoms with van der Waals surface area (Å²) in [6, 6.07) is 0. The first-order chi connectivity index (χ1) is 17.5. The Labute approximate surface area is 215 Å². The smallest absolute Gasteiger partial charge is 0.334 e. The highest BCUT2D eigenvalue weighted by atomic mass is 16.6. The van der Waals surface area contributed by atoms with Crippen LogP contribution in [0.4, 0.5) is 0 Å². The molecule has 9 atom stereocenters. The van der Waals surface area contributed by atoms with Crippen LogP contribution in [0.2, 0.25) is 0 Å². The minimum atomic E-state index is -1.31. The van der Waals surface area contributed by atoms with Gasteiger partial charge in [-0.1, -0.05) is 31.9 Å². The van der Waals surface area contributed by atoms with Gasteiger partial charge in [-0.3, -0.25) is 9.59 Å². The zero-order chi connectivity index (χ0) is 26.2. The van der Waals surface area contributed by atoms with Gasteiger partial charge in [0.2, 0.25) is 0 Å². The van der Waals surface area contributed by atoms with Crippen LogP contribution in [0.5, 0.6) is 0 Å². The molecule has 192 valence electrons. The van der Waals surface area contributed by atoms with Gasteiger partial charge in [0.1, 0.15) is 18.0 Å². The van der Waals surface area contributed by atoms with Crippen molar-refractivity contribution >= 4 is 23.5 Å². The summed E-state index contributed by atoms with van der Waals surface area (Å²) in [6.07, 6.45) is 1.66. The molecule has 1 N–H and O–H groups in total. The molecule has 3 saturated carbocycles. The van der Waals surface area contributed by atoms with Gasteiger partial charge in [-0.25, -0.2) is 9.59 Å². The van der Waals surface area contributed by atoms with Crippen LogP contribution in [-0.4, -0.2) is 46.4 Å². The van der Waals surface area contributed by atoms with Crippen molar-refractivity contribution in [2.45, 2.75) is 62.8 Å².